The SMILES string of the molecule is CC#N.CC#N.CC(=O)O.CC(=O)O.F[B-](F)(F)F.F[B-](F)(F)F.[Mo].[Mo].c1ccc(-c2ccccn2)nc1.c1ccc(-c2ccccn2)nc1. The maximum absolute atomic E-state index is 9.75. The molecule has 0 bridgehead atoms. The van der Waals surface area contributed by atoms with Gasteiger partial charge in [-0.1, -0.05) is 24.3 Å². The number of carbonyl (C=O) groups is 2. The first kappa shape index (κ1) is 57.7. The van der Waals surface area contributed by atoms with Gasteiger partial charge in [0.1, 0.15) is 0 Å². The number of carboxylic acid groups (broad SMARTS) is 2. The van der Waals surface area contributed by atoms with Gasteiger partial charge in [-0.15, -0.1) is 0 Å². The number of aromatic nitrogens is 4. The molecule has 0 aromatic carbocycles. The van der Waals surface area contributed by atoms with E-state index in [-0.39, 0.29) is 42.1 Å². The Kier molecular flexibility index (Phi) is 43.0. The summed E-state index contributed by atoms with van der Waals surface area (Å²) in [6.45, 7) is 5.03. The number of nitrogens with zero attached hydrogens (tertiary/aromatic N) is 6. The van der Waals surface area contributed by atoms with Gasteiger partial charge < -0.3 is 44.7 Å². The van der Waals surface area contributed by atoms with Crippen molar-refractivity contribution in [3.8, 4) is 34.9 Å². The quantitative estimate of drug-likeness (QED) is 0.148. The van der Waals surface area contributed by atoms with Crippen molar-refractivity contribution in [3.63, 3.8) is 0 Å². The molecule has 4 rings (SSSR count). The Balaban J connectivity index is -0.000000119. The number of pyridine rings is 4. The summed E-state index contributed by atoms with van der Waals surface area (Å²) in [6.07, 6.45) is 7.07. The summed E-state index contributed by atoms with van der Waals surface area (Å²) >= 11 is 0. The largest absolute Gasteiger partial charge is 0.673 e. The molecule has 0 saturated carbocycles. The van der Waals surface area contributed by atoms with Crippen molar-refractivity contribution in [1.82, 2.24) is 19.9 Å². The minimum atomic E-state index is -6.00. The summed E-state index contributed by atoms with van der Waals surface area (Å²) in [5, 5.41) is 29.5. The second kappa shape index (κ2) is 37.3. The third-order valence-electron chi connectivity index (χ3n) is 3.18. The Morgan fingerprint density at radius 3 is 0.720 bits per heavy atom. The minimum Gasteiger partial charge on any atom is -0.481 e. The fraction of sp³-hybridized carbons (Fsp3) is 0.143. The molecule has 0 atom stereocenters. The Hall–Kier alpha value is -4.53. The molecule has 272 valence electrons. The number of aliphatic carboxylic acids is 2. The zero-order valence-electron chi connectivity index (χ0n) is 26.6. The molecule has 0 aliphatic carbocycles. The molecule has 10 nitrogen and oxygen atoms in total. The fourth-order valence-electron chi connectivity index (χ4n) is 2.06. The van der Waals surface area contributed by atoms with Gasteiger partial charge in [0.2, 0.25) is 0 Å². The van der Waals surface area contributed by atoms with Crippen LogP contribution in [-0.4, -0.2) is 56.6 Å². The predicted molar refractivity (Wildman–Crippen MR) is 165 cm³/mol. The molecular weight excluding hydrogens is 850 g/mol. The van der Waals surface area contributed by atoms with Crippen molar-refractivity contribution in [2.45, 2.75) is 27.7 Å². The first-order valence-corrected chi connectivity index (χ1v) is 12.6. The Labute approximate surface area is 312 Å². The van der Waals surface area contributed by atoms with Gasteiger partial charge in [-0.25, -0.2) is 0 Å². The second-order valence-corrected chi connectivity index (χ2v) is 7.33. The van der Waals surface area contributed by atoms with E-state index in [9.17, 15) is 34.5 Å². The summed E-state index contributed by atoms with van der Waals surface area (Å²) < 4.78 is 78.0. The first-order valence-electron chi connectivity index (χ1n) is 12.6. The molecule has 4 heterocycles. The van der Waals surface area contributed by atoms with Gasteiger partial charge in [-0.2, -0.15) is 10.5 Å². The number of nitriles is 2. The Bertz CT molecular complexity index is 1240. The van der Waals surface area contributed by atoms with Gasteiger partial charge in [-0.3, -0.25) is 29.5 Å². The minimum absolute atomic E-state index is 0. The molecule has 22 heteroatoms. The average Bonchev–Trinajstić information content (AvgIpc) is 2.98. The molecule has 0 unspecified atom stereocenters. The molecular formula is C28H30B2F8Mo2N6O4-2. The average molecular weight is 880 g/mol. The van der Waals surface area contributed by atoms with E-state index in [0.717, 1.165) is 36.6 Å². The van der Waals surface area contributed by atoms with Crippen LogP contribution in [0.5, 0.6) is 0 Å². The van der Waals surface area contributed by atoms with Gasteiger partial charge in [0.25, 0.3) is 11.9 Å². The van der Waals surface area contributed by atoms with Crippen LogP contribution in [0.2, 0.25) is 0 Å². The van der Waals surface area contributed by atoms with E-state index in [1.165, 1.54) is 13.8 Å². The van der Waals surface area contributed by atoms with E-state index in [1.54, 1.807) is 36.9 Å². The summed E-state index contributed by atoms with van der Waals surface area (Å²) in [5.41, 5.74) is 3.66. The fourth-order valence-corrected chi connectivity index (χ4v) is 2.06. The standard InChI is InChI=1S/2C10H8N2.2C2H3N.2C2H4O2.2BF4.2Mo/c2*1-3-7-11-9(5-1)10-6-2-4-8-12-10;2*1-2-3;2*1-2(3)4;2*2-1(3,4)5;;/h2*1-8H;2*1H3;2*1H3,(H,3,4);;;;/q;;;;;;2*-1;;. The maximum Gasteiger partial charge on any atom is 0.673 e. The summed E-state index contributed by atoms with van der Waals surface area (Å²) in [4.78, 5) is 34.7. The third-order valence-corrected chi connectivity index (χ3v) is 3.18. The second-order valence-electron chi connectivity index (χ2n) is 7.33. The Morgan fingerprint density at radius 2 is 0.640 bits per heavy atom. The van der Waals surface area contributed by atoms with Crippen LogP contribution in [0.4, 0.5) is 34.5 Å². The van der Waals surface area contributed by atoms with E-state index >= 15 is 0 Å². The molecule has 4 aromatic heterocycles. The van der Waals surface area contributed by atoms with Crippen molar-refractivity contribution < 1.29 is 96.5 Å². The van der Waals surface area contributed by atoms with Crippen LogP contribution in [0.1, 0.15) is 27.7 Å². The monoisotopic (exact) mass is 884 g/mol. The molecule has 0 aliphatic rings. The number of carboxylic acids is 2. The maximum atomic E-state index is 9.75. The third kappa shape index (κ3) is 62.3. The van der Waals surface area contributed by atoms with Crippen LogP contribution < -0.4 is 0 Å². The van der Waals surface area contributed by atoms with Crippen molar-refractivity contribution in [1.29, 1.82) is 10.5 Å². The first-order chi connectivity index (χ1) is 22.2. The van der Waals surface area contributed by atoms with Gasteiger partial charge in [0.15, 0.2) is 0 Å². The van der Waals surface area contributed by atoms with Crippen molar-refractivity contribution in [2.24, 2.45) is 0 Å². The van der Waals surface area contributed by atoms with Crippen molar-refractivity contribution in [2.75, 3.05) is 0 Å². The molecule has 2 N–H and O–H groups in total. The molecule has 0 fully saturated rings. The van der Waals surface area contributed by atoms with E-state index in [4.69, 9.17) is 30.3 Å². The van der Waals surface area contributed by atoms with Crippen LogP contribution in [0.3, 0.4) is 0 Å². The van der Waals surface area contributed by atoms with Gasteiger partial charge in [0.05, 0.1) is 34.9 Å². The smallest absolute Gasteiger partial charge is 0.481 e. The summed E-state index contributed by atoms with van der Waals surface area (Å²) in [7, 11) is -12.0. The summed E-state index contributed by atoms with van der Waals surface area (Å²) in [5.74, 6) is -1.67. The molecule has 0 aliphatic heterocycles. The van der Waals surface area contributed by atoms with E-state index < -0.39 is 26.4 Å². The normalized spacial score (nSPS) is 8.36. The van der Waals surface area contributed by atoms with Crippen LogP contribution in [0.15, 0.2) is 97.6 Å². The van der Waals surface area contributed by atoms with Crippen LogP contribution in [0.25, 0.3) is 22.8 Å². The van der Waals surface area contributed by atoms with Crippen molar-refractivity contribution >= 4 is 26.4 Å². The topological polar surface area (TPSA) is 174 Å². The zero-order valence-corrected chi connectivity index (χ0v) is 30.6. The van der Waals surface area contributed by atoms with E-state index in [2.05, 4.69) is 19.9 Å². The summed E-state index contributed by atoms with van der Waals surface area (Å²) in [6, 6.07) is 26.7. The van der Waals surface area contributed by atoms with Gasteiger partial charge >= 0.3 is 14.5 Å². The van der Waals surface area contributed by atoms with Crippen LogP contribution in [0, 0.1) is 22.7 Å². The molecule has 50 heavy (non-hydrogen) atoms. The number of rotatable bonds is 2. The van der Waals surface area contributed by atoms with Crippen molar-refractivity contribution in [3.05, 3.63) is 97.6 Å². The van der Waals surface area contributed by atoms with Gasteiger partial charge in [0, 0.05) is 94.6 Å². The van der Waals surface area contributed by atoms with Gasteiger partial charge in [-0.05, 0) is 48.5 Å². The molecule has 0 saturated heterocycles. The molecule has 0 radical (unpaired) electrons. The number of hydrogen-bond acceptors (Lipinski definition) is 8. The molecule has 0 spiro atoms. The molecule has 4 aromatic rings. The van der Waals surface area contributed by atoms with Crippen LogP contribution in [-0.2, 0) is 51.7 Å². The van der Waals surface area contributed by atoms with E-state index in [1.807, 2.05) is 72.8 Å². The predicted octanol–water partition coefficient (Wildman–Crippen LogP) is 8.12. The number of hydrogen-bond donors (Lipinski definition) is 2. The zero-order chi connectivity index (χ0) is 38.0. The molecule has 0 amide bonds. The number of halogens is 8. The van der Waals surface area contributed by atoms with E-state index in [0.29, 0.717) is 0 Å². The Morgan fingerprint density at radius 1 is 0.520 bits per heavy atom. The van der Waals surface area contributed by atoms with Crippen LogP contribution >= 0.6 is 0 Å².